The molecule has 0 fully saturated rings. The summed E-state index contributed by atoms with van der Waals surface area (Å²) in [6.07, 6.45) is 5.52. The number of ether oxygens (including phenoxy) is 1. The lowest BCUT2D eigenvalue weighted by atomic mass is 9.68. The molecule has 0 saturated heterocycles. The molecule has 0 N–H and O–H groups in total. The fourth-order valence-corrected chi connectivity index (χ4v) is 4.35. The van der Waals surface area contributed by atoms with Crippen LogP contribution in [-0.2, 0) is 23.0 Å². The molecule has 0 saturated carbocycles. The first-order valence-corrected chi connectivity index (χ1v) is 9.78. The molecule has 0 spiro atoms. The van der Waals surface area contributed by atoms with Crippen molar-refractivity contribution in [2.45, 2.75) is 38.0 Å². The normalized spacial score (nSPS) is 14.4. The third kappa shape index (κ3) is 3.78. The van der Waals surface area contributed by atoms with Gasteiger partial charge in [0.25, 0.3) is 0 Å². The highest BCUT2D eigenvalue weighted by atomic mass is 16.5. The molecule has 142 valence electrons. The number of aryl methyl sites for hydroxylation is 2. The Morgan fingerprint density at radius 2 is 1.67 bits per heavy atom. The van der Waals surface area contributed by atoms with Crippen LogP contribution in [0.5, 0.6) is 0 Å². The van der Waals surface area contributed by atoms with E-state index in [9.17, 15) is 4.79 Å². The van der Waals surface area contributed by atoms with E-state index in [0.717, 1.165) is 25.7 Å². The predicted octanol–water partition coefficient (Wildman–Crippen LogP) is 5.13. The number of amides is 1. The SMILES string of the molecule is C=CCC1(CCN(C)C(=O)OCC)c2ccccc2CCc2ccccc21. The minimum absolute atomic E-state index is 0.174. The number of carbonyl (C=O) groups excluding carboxylic acids is 1. The number of rotatable bonds is 6. The van der Waals surface area contributed by atoms with Crippen molar-refractivity contribution in [1.29, 1.82) is 0 Å². The number of nitrogens with zero attached hydrogens (tertiary/aromatic N) is 1. The maximum absolute atomic E-state index is 12.1. The van der Waals surface area contributed by atoms with E-state index < -0.39 is 0 Å². The van der Waals surface area contributed by atoms with Crippen LogP contribution in [0.1, 0.15) is 42.0 Å². The lowest BCUT2D eigenvalue weighted by Gasteiger charge is -2.37. The van der Waals surface area contributed by atoms with E-state index in [1.54, 1.807) is 4.90 Å². The van der Waals surface area contributed by atoms with Crippen molar-refractivity contribution in [2.75, 3.05) is 20.2 Å². The van der Waals surface area contributed by atoms with Crippen LogP contribution in [0.25, 0.3) is 0 Å². The van der Waals surface area contributed by atoms with Gasteiger partial charge in [-0.15, -0.1) is 6.58 Å². The second-order valence-corrected chi connectivity index (χ2v) is 7.26. The van der Waals surface area contributed by atoms with Crippen molar-refractivity contribution in [3.05, 3.63) is 83.4 Å². The first-order valence-electron chi connectivity index (χ1n) is 9.78. The Morgan fingerprint density at radius 3 is 2.19 bits per heavy atom. The van der Waals surface area contributed by atoms with Crippen LogP contribution in [0.2, 0.25) is 0 Å². The van der Waals surface area contributed by atoms with Crippen molar-refractivity contribution in [3.63, 3.8) is 0 Å². The van der Waals surface area contributed by atoms with E-state index >= 15 is 0 Å². The molecule has 0 aliphatic heterocycles. The molecule has 2 aromatic carbocycles. The topological polar surface area (TPSA) is 29.5 Å². The van der Waals surface area contributed by atoms with Crippen LogP contribution < -0.4 is 0 Å². The van der Waals surface area contributed by atoms with Crippen LogP contribution in [-0.4, -0.2) is 31.2 Å². The first kappa shape index (κ1) is 19.2. The van der Waals surface area contributed by atoms with E-state index in [0.29, 0.717) is 13.2 Å². The summed E-state index contributed by atoms with van der Waals surface area (Å²) in [7, 11) is 1.81. The van der Waals surface area contributed by atoms with E-state index in [1.807, 2.05) is 20.0 Å². The maximum atomic E-state index is 12.1. The maximum Gasteiger partial charge on any atom is 0.409 e. The lowest BCUT2D eigenvalue weighted by molar-refractivity contribution is 0.114. The van der Waals surface area contributed by atoms with E-state index in [4.69, 9.17) is 4.74 Å². The van der Waals surface area contributed by atoms with Crippen LogP contribution in [0, 0.1) is 0 Å². The molecule has 3 heteroatoms. The van der Waals surface area contributed by atoms with Crippen LogP contribution >= 0.6 is 0 Å². The quantitative estimate of drug-likeness (QED) is 0.666. The Hall–Kier alpha value is -2.55. The second kappa shape index (κ2) is 8.43. The van der Waals surface area contributed by atoms with Gasteiger partial charge in [-0.05, 0) is 54.9 Å². The highest BCUT2D eigenvalue weighted by molar-refractivity contribution is 5.67. The summed E-state index contributed by atoms with van der Waals surface area (Å²) in [5.74, 6) is 0. The van der Waals surface area contributed by atoms with Gasteiger partial charge in [-0.25, -0.2) is 4.79 Å². The zero-order chi connectivity index (χ0) is 19.3. The van der Waals surface area contributed by atoms with Crippen molar-refractivity contribution in [2.24, 2.45) is 0 Å². The minimum Gasteiger partial charge on any atom is -0.450 e. The molecule has 0 aromatic heterocycles. The third-order valence-electron chi connectivity index (χ3n) is 5.68. The number of carbonyl (C=O) groups is 1. The van der Waals surface area contributed by atoms with E-state index in [2.05, 4.69) is 55.1 Å². The fraction of sp³-hybridized carbons (Fsp3) is 0.375. The largest absolute Gasteiger partial charge is 0.450 e. The molecular formula is C24H29NO2. The molecule has 0 radical (unpaired) electrons. The Morgan fingerprint density at radius 1 is 1.11 bits per heavy atom. The molecular weight excluding hydrogens is 334 g/mol. The molecule has 0 heterocycles. The van der Waals surface area contributed by atoms with Gasteiger partial charge >= 0.3 is 6.09 Å². The molecule has 27 heavy (non-hydrogen) atoms. The molecule has 1 aliphatic carbocycles. The number of fused-ring (bicyclic) bond motifs is 2. The van der Waals surface area contributed by atoms with Gasteiger partial charge in [0.05, 0.1) is 6.61 Å². The molecule has 0 atom stereocenters. The Kier molecular flexibility index (Phi) is 6.00. The summed E-state index contributed by atoms with van der Waals surface area (Å²) in [5.41, 5.74) is 5.36. The van der Waals surface area contributed by atoms with Gasteiger partial charge in [-0.2, -0.15) is 0 Å². The van der Waals surface area contributed by atoms with Crippen molar-refractivity contribution in [3.8, 4) is 0 Å². The average molecular weight is 364 g/mol. The number of benzene rings is 2. The molecule has 3 rings (SSSR count). The van der Waals surface area contributed by atoms with Crippen molar-refractivity contribution >= 4 is 6.09 Å². The highest BCUT2D eigenvalue weighted by Crippen LogP contribution is 2.45. The van der Waals surface area contributed by atoms with Gasteiger partial charge in [0.2, 0.25) is 0 Å². The van der Waals surface area contributed by atoms with Gasteiger partial charge < -0.3 is 9.64 Å². The van der Waals surface area contributed by atoms with Crippen molar-refractivity contribution < 1.29 is 9.53 Å². The molecule has 0 bridgehead atoms. The molecule has 0 unspecified atom stereocenters. The second-order valence-electron chi connectivity index (χ2n) is 7.26. The molecule has 1 amide bonds. The standard InChI is InChI=1S/C24H29NO2/c1-4-16-24(17-18-25(3)23(26)27-5-2)21-12-8-6-10-19(21)14-15-20-11-7-9-13-22(20)24/h4,6-13H,1,5,14-18H2,2-3H3. The Bertz CT molecular complexity index is 764. The fourth-order valence-electron chi connectivity index (χ4n) is 4.35. The van der Waals surface area contributed by atoms with Gasteiger partial charge in [0, 0.05) is 19.0 Å². The number of hydrogen-bond donors (Lipinski definition) is 0. The molecule has 3 nitrogen and oxygen atoms in total. The predicted molar refractivity (Wildman–Crippen MR) is 110 cm³/mol. The summed E-state index contributed by atoms with van der Waals surface area (Å²) in [6, 6.07) is 17.5. The highest BCUT2D eigenvalue weighted by Gasteiger charge is 2.38. The smallest absolute Gasteiger partial charge is 0.409 e. The summed E-state index contributed by atoms with van der Waals surface area (Å²) < 4.78 is 5.17. The van der Waals surface area contributed by atoms with Gasteiger partial charge in [-0.1, -0.05) is 54.6 Å². The number of allylic oxidation sites excluding steroid dienone is 1. The minimum atomic E-state index is -0.263. The lowest BCUT2D eigenvalue weighted by Crippen LogP contribution is -2.36. The van der Waals surface area contributed by atoms with E-state index in [1.165, 1.54) is 22.3 Å². The zero-order valence-corrected chi connectivity index (χ0v) is 16.4. The van der Waals surface area contributed by atoms with Gasteiger partial charge in [-0.3, -0.25) is 0 Å². The summed E-state index contributed by atoms with van der Waals surface area (Å²) in [4.78, 5) is 13.8. The van der Waals surface area contributed by atoms with Crippen LogP contribution in [0.4, 0.5) is 4.79 Å². The summed E-state index contributed by atoms with van der Waals surface area (Å²) in [5, 5.41) is 0. The Balaban J connectivity index is 2.06. The first-order chi connectivity index (χ1) is 13.1. The van der Waals surface area contributed by atoms with Gasteiger partial charge in [0.1, 0.15) is 0 Å². The van der Waals surface area contributed by atoms with Crippen molar-refractivity contribution in [1.82, 2.24) is 4.90 Å². The molecule has 1 aliphatic rings. The summed E-state index contributed by atoms with van der Waals surface area (Å²) in [6.45, 7) is 6.93. The average Bonchev–Trinajstić information content (AvgIpc) is 2.83. The number of hydrogen-bond acceptors (Lipinski definition) is 2. The van der Waals surface area contributed by atoms with Gasteiger partial charge in [0.15, 0.2) is 0 Å². The third-order valence-corrected chi connectivity index (χ3v) is 5.68. The van der Waals surface area contributed by atoms with Crippen LogP contribution in [0.3, 0.4) is 0 Å². The monoisotopic (exact) mass is 363 g/mol. The zero-order valence-electron chi connectivity index (χ0n) is 16.4. The Labute approximate surface area is 162 Å². The molecule has 2 aromatic rings. The summed E-state index contributed by atoms with van der Waals surface area (Å²) >= 11 is 0. The van der Waals surface area contributed by atoms with Crippen LogP contribution in [0.15, 0.2) is 61.2 Å². The van der Waals surface area contributed by atoms with E-state index in [-0.39, 0.29) is 11.5 Å².